The van der Waals surface area contributed by atoms with Crippen LogP contribution in [0, 0.1) is 5.82 Å². The van der Waals surface area contributed by atoms with E-state index in [0.29, 0.717) is 16.4 Å². The molecule has 1 heterocycles. The number of aromatic nitrogens is 2. The van der Waals surface area contributed by atoms with Crippen molar-refractivity contribution in [1.29, 1.82) is 0 Å². The van der Waals surface area contributed by atoms with E-state index in [4.69, 9.17) is 11.6 Å². The SMILES string of the molecule is CNCCCn1ccnc1-c1c(F)cccc1Cl. The van der Waals surface area contributed by atoms with E-state index < -0.39 is 0 Å². The maximum absolute atomic E-state index is 13.8. The lowest BCUT2D eigenvalue weighted by atomic mass is 10.2. The first-order valence-corrected chi connectivity index (χ1v) is 6.22. The normalized spacial score (nSPS) is 10.8. The summed E-state index contributed by atoms with van der Waals surface area (Å²) in [6.07, 6.45) is 4.46. The first-order chi connectivity index (χ1) is 8.74. The smallest absolute Gasteiger partial charge is 0.144 e. The maximum Gasteiger partial charge on any atom is 0.144 e. The molecule has 0 saturated carbocycles. The average molecular weight is 268 g/mol. The van der Waals surface area contributed by atoms with Crippen molar-refractivity contribution in [1.82, 2.24) is 14.9 Å². The van der Waals surface area contributed by atoms with Crippen molar-refractivity contribution in [3.8, 4) is 11.4 Å². The van der Waals surface area contributed by atoms with Gasteiger partial charge in [0.1, 0.15) is 11.6 Å². The zero-order chi connectivity index (χ0) is 13.0. The second kappa shape index (κ2) is 5.98. The second-order valence-corrected chi connectivity index (χ2v) is 4.41. The summed E-state index contributed by atoms with van der Waals surface area (Å²) in [5.41, 5.74) is 0.369. The minimum absolute atomic E-state index is 0.344. The standard InChI is InChI=1S/C13H15ClFN3/c1-16-6-3-8-18-9-7-17-13(18)12-10(14)4-2-5-11(12)15/h2,4-5,7,9,16H,3,6,8H2,1H3. The molecule has 18 heavy (non-hydrogen) atoms. The van der Waals surface area contributed by atoms with Crippen molar-refractivity contribution in [2.24, 2.45) is 0 Å². The van der Waals surface area contributed by atoms with Gasteiger partial charge in [-0.1, -0.05) is 17.7 Å². The van der Waals surface area contributed by atoms with Gasteiger partial charge in [0.2, 0.25) is 0 Å². The number of aryl methyl sites for hydroxylation is 1. The first kappa shape index (κ1) is 13.1. The van der Waals surface area contributed by atoms with E-state index in [1.165, 1.54) is 6.07 Å². The van der Waals surface area contributed by atoms with Crippen LogP contribution in [-0.2, 0) is 6.54 Å². The van der Waals surface area contributed by atoms with Crippen LogP contribution in [0.15, 0.2) is 30.6 Å². The van der Waals surface area contributed by atoms with Gasteiger partial charge in [0.25, 0.3) is 0 Å². The highest BCUT2D eigenvalue weighted by Crippen LogP contribution is 2.29. The van der Waals surface area contributed by atoms with Crippen LogP contribution in [-0.4, -0.2) is 23.1 Å². The Morgan fingerprint density at radius 1 is 1.44 bits per heavy atom. The molecule has 0 bridgehead atoms. The predicted molar refractivity (Wildman–Crippen MR) is 71.2 cm³/mol. The van der Waals surface area contributed by atoms with Crippen LogP contribution in [0.1, 0.15) is 6.42 Å². The summed E-state index contributed by atoms with van der Waals surface area (Å²) in [7, 11) is 1.91. The van der Waals surface area contributed by atoms with Crippen LogP contribution in [0.5, 0.6) is 0 Å². The molecule has 0 amide bonds. The van der Waals surface area contributed by atoms with Gasteiger partial charge < -0.3 is 9.88 Å². The molecule has 0 aliphatic rings. The molecule has 2 rings (SSSR count). The Labute approximate surface area is 111 Å². The lowest BCUT2D eigenvalue weighted by Gasteiger charge is -2.09. The van der Waals surface area contributed by atoms with Crippen LogP contribution in [0.2, 0.25) is 5.02 Å². The van der Waals surface area contributed by atoms with E-state index in [1.807, 2.05) is 17.8 Å². The molecule has 1 N–H and O–H groups in total. The number of hydrogen-bond acceptors (Lipinski definition) is 2. The fourth-order valence-corrected chi connectivity index (χ4v) is 2.10. The molecule has 96 valence electrons. The van der Waals surface area contributed by atoms with E-state index in [2.05, 4.69) is 10.3 Å². The summed E-state index contributed by atoms with van der Waals surface area (Å²) in [6.45, 7) is 1.68. The lowest BCUT2D eigenvalue weighted by Crippen LogP contribution is -2.11. The van der Waals surface area contributed by atoms with Crippen molar-refractivity contribution >= 4 is 11.6 Å². The number of halogens is 2. The molecule has 2 aromatic rings. The van der Waals surface area contributed by atoms with Crippen molar-refractivity contribution in [3.05, 3.63) is 41.4 Å². The Hall–Kier alpha value is -1.39. The maximum atomic E-state index is 13.8. The molecule has 0 saturated heterocycles. The highest BCUT2D eigenvalue weighted by atomic mass is 35.5. The molecule has 5 heteroatoms. The fraction of sp³-hybridized carbons (Fsp3) is 0.308. The molecule has 1 aromatic carbocycles. The van der Waals surface area contributed by atoms with Gasteiger partial charge in [-0.2, -0.15) is 0 Å². The Bertz CT molecular complexity index is 504. The summed E-state index contributed by atoms with van der Waals surface area (Å²) in [5, 5.41) is 3.46. The Balaban J connectivity index is 2.31. The largest absolute Gasteiger partial charge is 0.331 e. The van der Waals surface area contributed by atoms with Gasteiger partial charge in [0.15, 0.2) is 0 Å². The summed E-state index contributed by atoms with van der Waals surface area (Å²) in [5.74, 6) is 0.234. The van der Waals surface area contributed by atoms with Crippen molar-refractivity contribution in [2.75, 3.05) is 13.6 Å². The summed E-state index contributed by atoms with van der Waals surface area (Å²) in [6, 6.07) is 4.66. The van der Waals surface area contributed by atoms with Crippen molar-refractivity contribution < 1.29 is 4.39 Å². The van der Waals surface area contributed by atoms with E-state index in [1.54, 1.807) is 18.3 Å². The topological polar surface area (TPSA) is 29.9 Å². The molecule has 3 nitrogen and oxygen atoms in total. The Morgan fingerprint density at radius 2 is 2.28 bits per heavy atom. The third kappa shape index (κ3) is 2.71. The summed E-state index contributed by atoms with van der Waals surface area (Å²) in [4.78, 5) is 4.20. The van der Waals surface area contributed by atoms with E-state index in [-0.39, 0.29) is 5.82 Å². The number of nitrogens with zero attached hydrogens (tertiary/aromatic N) is 2. The predicted octanol–water partition coefficient (Wildman–Crippen LogP) is 2.95. The molecule has 1 aromatic heterocycles. The van der Waals surface area contributed by atoms with Gasteiger partial charge in [-0.05, 0) is 32.1 Å². The number of hydrogen-bond donors (Lipinski definition) is 1. The third-order valence-electron chi connectivity index (χ3n) is 2.73. The van der Waals surface area contributed by atoms with E-state index >= 15 is 0 Å². The molecule has 0 spiro atoms. The quantitative estimate of drug-likeness (QED) is 0.844. The number of rotatable bonds is 5. The molecule has 0 aliphatic carbocycles. The van der Waals surface area contributed by atoms with Crippen LogP contribution in [0.25, 0.3) is 11.4 Å². The molecule has 0 fully saturated rings. The zero-order valence-electron chi connectivity index (χ0n) is 10.2. The van der Waals surface area contributed by atoms with E-state index in [9.17, 15) is 4.39 Å². The second-order valence-electron chi connectivity index (χ2n) is 4.00. The highest BCUT2D eigenvalue weighted by molar-refractivity contribution is 6.33. The van der Waals surface area contributed by atoms with Crippen LogP contribution < -0.4 is 5.32 Å². The van der Waals surface area contributed by atoms with Gasteiger partial charge in [0.05, 0.1) is 10.6 Å². The van der Waals surface area contributed by atoms with Crippen molar-refractivity contribution in [3.63, 3.8) is 0 Å². The lowest BCUT2D eigenvalue weighted by molar-refractivity contribution is 0.606. The molecule has 0 unspecified atom stereocenters. The summed E-state index contributed by atoms with van der Waals surface area (Å²) < 4.78 is 15.8. The molecule has 0 atom stereocenters. The Morgan fingerprint density at radius 3 is 3.00 bits per heavy atom. The van der Waals surface area contributed by atoms with Gasteiger partial charge in [-0.25, -0.2) is 9.37 Å². The van der Waals surface area contributed by atoms with Gasteiger partial charge >= 0.3 is 0 Å². The monoisotopic (exact) mass is 267 g/mol. The molecule has 0 radical (unpaired) electrons. The molecular formula is C13H15ClFN3. The fourth-order valence-electron chi connectivity index (χ4n) is 1.86. The third-order valence-corrected chi connectivity index (χ3v) is 3.04. The highest BCUT2D eigenvalue weighted by Gasteiger charge is 2.14. The number of imidazole rings is 1. The van der Waals surface area contributed by atoms with Gasteiger partial charge in [0, 0.05) is 18.9 Å². The Kier molecular flexibility index (Phi) is 4.33. The minimum Gasteiger partial charge on any atom is -0.331 e. The van der Waals surface area contributed by atoms with Crippen LogP contribution in [0.3, 0.4) is 0 Å². The summed E-state index contributed by atoms with van der Waals surface area (Å²) >= 11 is 6.05. The van der Waals surface area contributed by atoms with Crippen molar-refractivity contribution in [2.45, 2.75) is 13.0 Å². The van der Waals surface area contributed by atoms with Gasteiger partial charge in [-0.3, -0.25) is 0 Å². The first-order valence-electron chi connectivity index (χ1n) is 5.84. The van der Waals surface area contributed by atoms with Crippen LogP contribution in [0.4, 0.5) is 4.39 Å². The molecule has 0 aliphatic heterocycles. The number of benzene rings is 1. The zero-order valence-corrected chi connectivity index (χ0v) is 10.9. The van der Waals surface area contributed by atoms with Gasteiger partial charge in [-0.15, -0.1) is 0 Å². The number of nitrogens with one attached hydrogen (secondary N) is 1. The van der Waals surface area contributed by atoms with E-state index in [0.717, 1.165) is 19.5 Å². The minimum atomic E-state index is -0.344. The molecular weight excluding hydrogens is 253 g/mol. The van der Waals surface area contributed by atoms with Crippen LogP contribution >= 0.6 is 11.6 Å². The average Bonchev–Trinajstić information content (AvgIpc) is 2.78.